The van der Waals surface area contributed by atoms with Gasteiger partial charge in [0.15, 0.2) is 0 Å². The average molecular weight is 479 g/mol. The predicted octanol–water partition coefficient (Wildman–Crippen LogP) is 6.87. The molecule has 154 valence electrons. The molecule has 3 nitrogen and oxygen atoms in total. The van der Waals surface area contributed by atoms with Gasteiger partial charge in [0.05, 0.1) is 12.6 Å². The van der Waals surface area contributed by atoms with Gasteiger partial charge in [0.2, 0.25) is 5.91 Å². The van der Waals surface area contributed by atoms with E-state index in [1.165, 1.54) is 77.0 Å². The van der Waals surface area contributed by atoms with Crippen LogP contribution in [0.4, 0.5) is 0 Å². The highest BCUT2D eigenvalue weighted by atomic mass is 127. The van der Waals surface area contributed by atoms with Gasteiger partial charge in [-0.15, -0.1) is 0 Å². The fourth-order valence-electron chi connectivity index (χ4n) is 3.92. The number of ether oxygens (including phenoxy) is 1. The third-order valence-corrected chi connectivity index (χ3v) is 6.53. The highest BCUT2D eigenvalue weighted by molar-refractivity contribution is 14.1. The Morgan fingerprint density at radius 1 is 0.923 bits per heavy atom. The smallest absolute Gasteiger partial charge is 0.225 e. The zero-order valence-corrected chi connectivity index (χ0v) is 19.7. The van der Waals surface area contributed by atoms with E-state index in [1.54, 1.807) is 0 Å². The first-order valence-electron chi connectivity index (χ1n) is 11.0. The second-order valence-corrected chi connectivity index (χ2v) is 9.20. The minimum atomic E-state index is -0.427. The highest BCUT2D eigenvalue weighted by Crippen LogP contribution is 2.29. The van der Waals surface area contributed by atoms with Gasteiger partial charge in [-0.2, -0.15) is 0 Å². The molecular weight excluding hydrogens is 437 g/mol. The van der Waals surface area contributed by atoms with Gasteiger partial charge in [0.1, 0.15) is 5.72 Å². The van der Waals surface area contributed by atoms with Crippen molar-refractivity contribution >= 4 is 28.5 Å². The lowest BCUT2D eigenvalue weighted by Gasteiger charge is -2.33. The monoisotopic (exact) mass is 479 g/mol. The zero-order valence-electron chi connectivity index (χ0n) is 17.5. The van der Waals surface area contributed by atoms with E-state index in [1.807, 2.05) is 18.7 Å². The number of halogens is 1. The van der Waals surface area contributed by atoms with Crippen molar-refractivity contribution in [3.8, 4) is 0 Å². The van der Waals surface area contributed by atoms with E-state index in [2.05, 4.69) is 29.5 Å². The predicted molar refractivity (Wildman–Crippen MR) is 120 cm³/mol. The maximum Gasteiger partial charge on any atom is 0.225 e. The summed E-state index contributed by atoms with van der Waals surface area (Å²) in [6, 6.07) is 0.250. The number of hydrogen-bond acceptors (Lipinski definition) is 2. The molecule has 26 heavy (non-hydrogen) atoms. The number of hydrogen-bond donors (Lipinski definition) is 0. The number of nitrogens with zero attached hydrogens (tertiary/aromatic N) is 1. The molecule has 0 spiro atoms. The molecule has 4 heteroatoms. The summed E-state index contributed by atoms with van der Waals surface area (Å²) < 4.78 is 6.75. The average Bonchev–Trinajstić information content (AvgIpc) is 2.93. The van der Waals surface area contributed by atoms with E-state index in [0.717, 1.165) is 10.8 Å². The molecule has 0 saturated carbocycles. The van der Waals surface area contributed by atoms with Crippen molar-refractivity contribution in [2.45, 2.75) is 122 Å². The van der Waals surface area contributed by atoms with Crippen LogP contribution in [0, 0.1) is 0 Å². The number of carbonyl (C=O) groups is 1. The molecule has 0 N–H and O–H groups in total. The SMILES string of the molecule is CCCCCCCCCCCCCCCC(=O)N1[C@@H](CI)COC1(C)C. The molecule has 1 aliphatic rings. The van der Waals surface area contributed by atoms with Gasteiger partial charge in [0.25, 0.3) is 0 Å². The van der Waals surface area contributed by atoms with Gasteiger partial charge in [0, 0.05) is 10.8 Å². The topological polar surface area (TPSA) is 29.5 Å². The quantitative estimate of drug-likeness (QED) is 0.146. The van der Waals surface area contributed by atoms with Crippen molar-refractivity contribution in [2.24, 2.45) is 0 Å². The van der Waals surface area contributed by atoms with Crippen LogP contribution in [0.25, 0.3) is 0 Å². The Bertz CT molecular complexity index is 373. The molecular formula is C22H42INO2. The first-order valence-corrected chi connectivity index (χ1v) is 12.6. The van der Waals surface area contributed by atoms with E-state index < -0.39 is 5.72 Å². The van der Waals surface area contributed by atoms with Crippen LogP contribution < -0.4 is 0 Å². The van der Waals surface area contributed by atoms with Crippen molar-refractivity contribution in [1.29, 1.82) is 0 Å². The second-order valence-electron chi connectivity index (χ2n) is 8.32. The fraction of sp³-hybridized carbons (Fsp3) is 0.955. The molecule has 1 atom stereocenters. The first-order chi connectivity index (χ1) is 12.5. The minimum Gasteiger partial charge on any atom is -0.354 e. The summed E-state index contributed by atoms with van der Waals surface area (Å²) >= 11 is 2.36. The molecule has 0 bridgehead atoms. The summed E-state index contributed by atoms with van der Waals surface area (Å²) in [4.78, 5) is 14.6. The summed E-state index contributed by atoms with van der Waals surface area (Å²) in [6.45, 7) is 6.99. The van der Waals surface area contributed by atoms with E-state index >= 15 is 0 Å². The Morgan fingerprint density at radius 3 is 1.85 bits per heavy atom. The first kappa shape index (κ1) is 24.2. The molecule has 1 heterocycles. The van der Waals surface area contributed by atoms with E-state index in [-0.39, 0.29) is 11.9 Å². The van der Waals surface area contributed by atoms with Gasteiger partial charge in [-0.25, -0.2) is 0 Å². The lowest BCUT2D eigenvalue weighted by molar-refractivity contribution is -0.145. The molecule has 0 aromatic heterocycles. The lowest BCUT2D eigenvalue weighted by Crippen LogP contribution is -2.48. The van der Waals surface area contributed by atoms with Crippen LogP contribution in [0.3, 0.4) is 0 Å². The van der Waals surface area contributed by atoms with Crippen LogP contribution in [-0.4, -0.2) is 33.6 Å². The molecule has 0 aromatic rings. The number of rotatable bonds is 15. The third-order valence-electron chi connectivity index (χ3n) is 5.52. The van der Waals surface area contributed by atoms with Crippen LogP contribution in [0.15, 0.2) is 0 Å². The van der Waals surface area contributed by atoms with Crippen LogP contribution >= 0.6 is 22.6 Å². The Labute approximate surface area is 176 Å². The standard InChI is InChI=1S/C22H42INO2/c1-4-5-6-7-8-9-10-11-12-13-14-15-16-17-21(25)24-20(18-23)19-26-22(24,2)3/h20H,4-19H2,1-3H3/t20-/m0/s1. The van der Waals surface area contributed by atoms with Crippen LogP contribution in [0.2, 0.25) is 0 Å². The fourth-order valence-corrected chi connectivity index (χ4v) is 4.56. The molecule has 0 aromatic carbocycles. The van der Waals surface area contributed by atoms with E-state index in [9.17, 15) is 4.79 Å². The number of amides is 1. The van der Waals surface area contributed by atoms with E-state index in [0.29, 0.717) is 13.0 Å². The molecule has 0 radical (unpaired) electrons. The summed E-state index contributed by atoms with van der Waals surface area (Å²) in [5, 5.41) is 0. The van der Waals surface area contributed by atoms with Crippen molar-refractivity contribution in [1.82, 2.24) is 4.90 Å². The van der Waals surface area contributed by atoms with Crippen molar-refractivity contribution < 1.29 is 9.53 Å². The molecule has 1 rings (SSSR count). The molecule has 0 aliphatic carbocycles. The Morgan fingerprint density at radius 2 is 1.38 bits per heavy atom. The van der Waals surface area contributed by atoms with Crippen molar-refractivity contribution in [3.05, 3.63) is 0 Å². The summed E-state index contributed by atoms with van der Waals surface area (Å²) in [5.74, 6) is 0.275. The van der Waals surface area contributed by atoms with Crippen LogP contribution in [0.5, 0.6) is 0 Å². The maximum absolute atomic E-state index is 12.6. The van der Waals surface area contributed by atoms with Crippen LogP contribution in [-0.2, 0) is 9.53 Å². The minimum absolute atomic E-state index is 0.250. The second kappa shape index (κ2) is 14.2. The molecule has 1 fully saturated rings. The molecule has 0 unspecified atom stereocenters. The van der Waals surface area contributed by atoms with Gasteiger partial charge in [-0.05, 0) is 20.3 Å². The third kappa shape index (κ3) is 9.38. The number of alkyl halides is 1. The molecule has 1 saturated heterocycles. The van der Waals surface area contributed by atoms with Gasteiger partial charge in [-0.1, -0.05) is 107 Å². The van der Waals surface area contributed by atoms with Gasteiger partial charge < -0.3 is 9.64 Å². The van der Waals surface area contributed by atoms with E-state index in [4.69, 9.17) is 4.74 Å². The van der Waals surface area contributed by atoms with Crippen molar-refractivity contribution in [2.75, 3.05) is 11.0 Å². The summed E-state index contributed by atoms with van der Waals surface area (Å²) in [6.07, 6.45) is 18.1. The maximum atomic E-state index is 12.6. The Kier molecular flexibility index (Phi) is 13.2. The number of unbranched alkanes of at least 4 members (excludes halogenated alkanes) is 12. The summed E-state index contributed by atoms with van der Waals surface area (Å²) in [7, 11) is 0. The van der Waals surface area contributed by atoms with Crippen molar-refractivity contribution in [3.63, 3.8) is 0 Å². The zero-order chi connectivity index (χ0) is 19.3. The number of carbonyl (C=O) groups excluding carboxylic acids is 1. The molecule has 1 amide bonds. The molecule has 1 aliphatic heterocycles. The van der Waals surface area contributed by atoms with Gasteiger partial charge >= 0.3 is 0 Å². The highest BCUT2D eigenvalue weighted by Gasteiger charge is 2.42. The van der Waals surface area contributed by atoms with Crippen LogP contribution in [0.1, 0.15) is 111 Å². The largest absolute Gasteiger partial charge is 0.354 e. The Balaban J connectivity index is 1.96. The Hall–Kier alpha value is 0.160. The lowest BCUT2D eigenvalue weighted by atomic mass is 10.0. The summed E-state index contributed by atoms with van der Waals surface area (Å²) in [5.41, 5.74) is -0.427. The van der Waals surface area contributed by atoms with Gasteiger partial charge in [-0.3, -0.25) is 4.79 Å². The normalized spacial score (nSPS) is 19.2.